The molecule has 0 N–H and O–H groups in total. The van der Waals surface area contributed by atoms with Crippen molar-refractivity contribution in [3.63, 3.8) is 0 Å². The second kappa shape index (κ2) is 5.53. The maximum Gasteiger partial charge on any atom is 0.0994 e. The summed E-state index contributed by atoms with van der Waals surface area (Å²) in [5.74, 6) is 0. The number of benzene rings is 1. The van der Waals surface area contributed by atoms with Gasteiger partial charge in [0.25, 0.3) is 0 Å². The molecule has 0 fully saturated rings. The number of hydrogen-bond donors (Lipinski definition) is 0. The molecule has 0 aliphatic rings. The van der Waals surface area contributed by atoms with E-state index in [1.54, 1.807) is 6.07 Å². The standard InChI is InChI=1S/C12H11BrN2/c1-2-3-11-10(8-15)5-4-9(6-7-14)12(11)13/h4-5H,2-3,6H2,1H3. The minimum atomic E-state index is 0.378. The smallest absolute Gasteiger partial charge is 0.0994 e. The first-order valence-corrected chi connectivity index (χ1v) is 5.61. The van der Waals surface area contributed by atoms with E-state index in [1.807, 2.05) is 6.07 Å². The Bertz CT molecular complexity index is 438. The van der Waals surface area contributed by atoms with Crippen molar-refractivity contribution in [2.24, 2.45) is 0 Å². The number of rotatable bonds is 3. The van der Waals surface area contributed by atoms with Crippen molar-refractivity contribution < 1.29 is 0 Å². The Balaban J connectivity index is 3.25. The van der Waals surface area contributed by atoms with Crippen LogP contribution in [0.3, 0.4) is 0 Å². The number of hydrogen-bond acceptors (Lipinski definition) is 2. The quantitative estimate of drug-likeness (QED) is 0.839. The summed E-state index contributed by atoms with van der Waals surface area (Å²) in [6.45, 7) is 2.07. The molecule has 0 saturated carbocycles. The second-order valence-electron chi connectivity index (χ2n) is 3.26. The molecule has 76 valence electrons. The lowest BCUT2D eigenvalue weighted by Gasteiger charge is -2.08. The summed E-state index contributed by atoms with van der Waals surface area (Å²) < 4.78 is 0.921. The van der Waals surface area contributed by atoms with Gasteiger partial charge in [0.05, 0.1) is 24.1 Å². The molecule has 0 aliphatic carbocycles. The fraction of sp³-hybridized carbons (Fsp3) is 0.333. The van der Waals surface area contributed by atoms with E-state index in [0.29, 0.717) is 12.0 Å². The van der Waals surface area contributed by atoms with Crippen molar-refractivity contribution in [2.75, 3.05) is 0 Å². The highest BCUT2D eigenvalue weighted by molar-refractivity contribution is 9.10. The topological polar surface area (TPSA) is 47.6 Å². The van der Waals surface area contributed by atoms with Gasteiger partial charge >= 0.3 is 0 Å². The first-order valence-electron chi connectivity index (χ1n) is 4.81. The fourth-order valence-electron chi connectivity index (χ4n) is 1.49. The first-order chi connectivity index (χ1) is 7.24. The molecule has 15 heavy (non-hydrogen) atoms. The van der Waals surface area contributed by atoms with Crippen LogP contribution in [0.4, 0.5) is 0 Å². The largest absolute Gasteiger partial charge is 0.198 e. The van der Waals surface area contributed by atoms with Crippen molar-refractivity contribution in [2.45, 2.75) is 26.2 Å². The molecule has 0 unspecified atom stereocenters. The highest BCUT2D eigenvalue weighted by atomic mass is 79.9. The van der Waals surface area contributed by atoms with Crippen molar-refractivity contribution >= 4 is 15.9 Å². The molecule has 0 heterocycles. The van der Waals surface area contributed by atoms with Gasteiger partial charge in [-0.1, -0.05) is 35.3 Å². The van der Waals surface area contributed by atoms with Crippen LogP contribution in [-0.2, 0) is 12.8 Å². The highest BCUT2D eigenvalue weighted by Crippen LogP contribution is 2.26. The maximum atomic E-state index is 8.95. The third kappa shape index (κ3) is 2.58. The monoisotopic (exact) mass is 262 g/mol. The van der Waals surface area contributed by atoms with E-state index in [9.17, 15) is 0 Å². The fourth-order valence-corrected chi connectivity index (χ4v) is 2.17. The van der Waals surface area contributed by atoms with Gasteiger partial charge in [0, 0.05) is 4.47 Å². The summed E-state index contributed by atoms with van der Waals surface area (Å²) in [7, 11) is 0. The molecule has 0 aliphatic heterocycles. The Labute approximate surface area is 98.3 Å². The van der Waals surface area contributed by atoms with Crippen LogP contribution in [0, 0.1) is 22.7 Å². The third-order valence-corrected chi connectivity index (χ3v) is 3.20. The van der Waals surface area contributed by atoms with E-state index in [-0.39, 0.29) is 0 Å². The van der Waals surface area contributed by atoms with Crippen LogP contribution in [0.5, 0.6) is 0 Å². The van der Waals surface area contributed by atoms with Gasteiger partial charge in [-0.25, -0.2) is 0 Å². The van der Waals surface area contributed by atoms with Gasteiger partial charge in [-0.3, -0.25) is 0 Å². The van der Waals surface area contributed by atoms with Gasteiger partial charge < -0.3 is 0 Å². The lowest BCUT2D eigenvalue weighted by molar-refractivity contribution is 0.909. The predicted molar refractivity (Wildman–Crippen MR) is 62.2 cm³/mol. The molecule has 0 spiro atoms. The molecule has 0 aromatic heterocycles. The summed E-state index contributed by atoms with van der Waals surface area (Å²) in [5, 5.41) is 17.6. The molecule has 0 atom stereocenters. The van der Waals surface area contributed by atoms with Crippen LogP contribution >= 0.6 is 15.9 Å². The number of nitriles is 2. The summed E-state index contributed by atoms with van der Waals surface area (Å²) >= 11 is 3.47. The molecule has 2 nitrogen and oxygen atoms in total. The SMILES string of the molecule is CCCc1c(C#N)ccc(CC#N)c1Br. The summed E-state index contributed by atoms with van der Waals surface area (Å²) in [5.41, 5.74) is 2.68. The molecule has 0 amide bonds. The molecule has 3 heteroatoms. The van der Waals surface area contributed by atoms with Crippen LogP contribution in [0.2, 0.25) is 0 Å². The minimum absolute atomic E-state index is 0.378. The average molecular weight is 263 g/mol. The van der Waals surface area contributed by atoms with Crippen LogP contribution in [0.25, 0.3) is 0 Å². The lowest BCUT2D eigenvalue weighted by Crippen LogP contribution is -1.96. The van der Waals surface area contributed by atoms with Gasteiger partial charge in [-0.2, -0.15) is 10.5 Å². The van der Waals surface area contributed by atoms with Crippen molar-refractivity contribution in [3.05, 3.63) is 33.3 Å². The Morgan fingerprint density at radius 1 is 1.33 bits per heavy atom. The molecule has 0 radical (unpaired) electrons. The Morgan fingerprint density at radius 3 is 2.60 bits per heavy atom. The molecule has 0 saturated heterocycles. The first kappa shape index (κ1) is 11.8. The highest BCUT2D eigenvalue weighted by Gasteiger charge is 2.09. The van der Waals surface area contributed by atoms with Crippen LogP contribution in [0.15, 0.2) is 16.6 Å². The van der Waals surface area contributed by atoms with Gasteiger partial charge in [0.1, 0.15) is 0 Å². The lowest BCUT2D eigenvalue weighted by atomic mass is 10.00. The zero-order valence-electron chi connectivity index (χ0n) is 8.55. The third-order valence-electron chi connectivity index (χ3n) is 2.21. The minimum Gasteiger partial charge on any atom is -0.198 e. The van der Waals surface area contributed by atoms with Crippen LogP contribution in [0.1, 0.15) is 30.0 Å². The van der Waals surface area contributed by atoms with Gasteiger partial charge in [-0.05, 0) is 23.6 Å². The van der Waals surface area contributed by atoms with Gasteiger partial charge in [0.15, 0.2) is 0 Å². The maximum absolute atomic E-state index is 8.95. The van der Waals surface area contributed by atoms with E-state index in [0.717, 1.165) is 28.4 Å². The molecule has 0 bridgehead atoms. The molecule has 1 rings (SSSR count). The zero-order valence-corrected chi connectivity index (χ0v) is 10.1. The van der Waals surface area contributed by atoms with Crippen LogP contribution < -0.4 is 0 Å². The molecule has 1 aromatic carbocycles. The zero-order chi connectivity index (χ0) is 11.3. The molecule has 1 aromatic rings. The van der Waals surface area contributed by atoms with Gasteiger partial charge in [-0.15, -0.1) is 0 Å². The van der Waals surface area contributed by atoms with Crippen molar-refractivity contribution in [1.29, 1.82) is 10.5 Å². The van der Waals surface area contributed by atoms with Crippen LogP contribution in [-0.4, -0.2) is 0 Å². The van der Waals surface area contributed by atoms with E-state index >= 15 is 0 Å². The summed E-state index contributed by atoms with van der Waals surface area (Å²) in [6, 6.07) is 7.93. The predicted octanol–water partition coefficient (Wildman–Crippen LogP) is 3.34. The van der Waals surface area contributed by atoms with E-state index in [4.69, 9.17) is 10.5 Å². The average Bonchev–Trinajstić information content (AvgIpc) is 2.25. The van der Waals surface area contributed by atoms with Crippen molar-refractivity contribution in [3.8, 4) is 12.1 Å². The Morgan fingerprint density at radius 2 is 2.07 bits per heavy atom. The molecular weight excluding hydrogens is 252 g/mol. The van der Waals surface area contributed by atoms with Crippen molar-refractivity contribution in [1.82, 2.24) is 0 Å². The summed E-state index contributed by atoms with van der Waals surface area (Å²) in [4.78, 5) is 0. The van der Waals surface area contributed by atoms with E-state index < -0.39 is 0 Å². The van der Waals surface area contributed by atoms with Gasteiger partial charge in [0.2, 0.25) is 0 Å². The number of nitrogens with zero attached hydrogens (tertiary/aromatic N) is 2. The Hall–Kier alpha value is -1.32. The summed E-state index contributed by atoms with van der Waals surface area (Å²) in [6.07, 6.45) is 2.23. The molecular formula is C12H11BrN2. The normalized spacial score (nSPS) is 9.33. The second-order valence-corrected chi connectivity index (χ2v) is 4.05. The van der Waals surface area contributed by atoms with E-state index in [2.05, 4.69) is 35.0 Å². The number of halogens is 1. The Kier molecular flexibility index (Phi) is 4.34. The van der Waals surface area contributed by atoms with E-state index in [1.165, 1.54) is 0 Å².